The standard InChI is InChI=1S/C11H18N2O5/c1-7-3-8(2)13(4-7)11(18)12(5-9(14)15)6-10(16)17/h7-8H,3-6H2,1-2H3,(H,14,15)(H,16,17). The monoisotopic (exact) mass is 258 g/mol. The first kappa shape index (κ1) is 14.3. The molecule has 18 heavy (non-hydrogen) atoms. The Morgan fingerprint density at radius 1 is 1.17 bits per heavy atom. The minimum absolute atomic E-state index is 0.0117. The van der Waals surface area contributed by atoms with Crippen LogP contribution in [0, 0.1) is 5.92 Å². The van der Waals surface area contributed by atoms with E-state index in [4.69, 9.17) is 10.2 Å². The first-order valence-corrected chi connectivity index (χ1v) is 5.80. The molecule has 0 spiro atoms. The van der Waals surface area contributed by atoms with Crippen molar-refractivity contribution in [3.05, 3.63) is 0 Å². The first-order chi connectivity index (χ1) is 8.31. The maximum atomic E-state index is 12.1. The van der Waals surface area contributed by atoms with Gasteiger partial charge in [0.1, 0.15) is 13.1 Å². The third-order valence-corrected chi connectivity index (χ3v) is 2.95. The molecule has 1 fully saturated rings. The number of likely N-dealkylation sites (tertiary alicyclic amines) is 1. The Kier molecular flexibility index (Phi) is 4.52. The predicted octanol–water partition coefficient (Wildman–Crippen LogP) is 0.308. The Labute approximate surface area is 105 Å². The quantitative estimate of drug-likeness (QED) is 0.756. The van der Waals surface area contributed by atoms with Gasteiger partial charge in [-0.15, -0.1) is 0 Å². The summed E-state index contributed by atoms with van der Waals surface area (Å²) < 4.78 is 0. The normalized spacial score (nSPS) is 22.9. The molecule has 102 valence electrons. The number of aliphatic carboxylic acids is 2. The Morgan fingerprint density at radius 2 is 1.67 bits per heavy atom. The van der Waals surface area contributed by atoms with Gasteiger partial charge in [-0.25, -0.2) is 4.79 Å². The molecule has 1 aliphatic heterocycles. The lowest BCUT2D eigenvalue weighted by Gasteiger charge is -2.28. The molecule has 1 rings (SSSR count). The SMILES string of the molecule is CC1CC(C)N(C(=O)N(CC(=O)O)CC(=O)O)C1. The fourth-order valence-electron chi connectivity index (χ4n) is 2.27. The van der Waals surface area contributed by atoms with E-state index < -0.39 is 31.1 Å². The molecule has 0 aromatic heterocycles. The highest BCUT2D eigenvalue weighted by molar-refractivity contribution is 5.84. The van der Waals surface area contributed by atoms with E-state index in [2.05, 4.69) is 0 Å². The number of amides is 2. The summed E-state index contributed by atoms with van der Waals surface area (Å²) in [6, 6.07) is -0.505. The molecule has 2 atom stereocenters. The number of rotatable bonds is 4. The number of hydrogen-bond donors (Lipinski definition) is 2. The van der Waals surface area contributed by atoms with Gasteiger partial charge in [0.25, 0.3) is 0 Å². The Morgan fingerprint density at radius 3 is 2.00 bits per heavy atom. The van der Waals surface area contributed by atoms with Gasteiger partial charge in [0.15, 0.2) is 0 Å². The van der Waals surface area contributed by atoms with E-state index in [1.165, 1.54) is 4.90 Å². The number of hydrogen-bond acceptors (Lipinski definition) is 3. The van der Waals surface area contributed by atoms with Crippen molar-refractivity contribution >= 4 is 18.0 Å². The van der Waals surface area contributed by atoms with Crippen LogP contribution < -0.4 is 0 Å². The van der Waals surface area contributed by atoms with Crippen LogP contribution in [-0.2, 0) is 9.59 Å². The fourth-order valence-corrected chi connectivity index (χ4v) is 2.27. The van der Waals surface area contributed by atoms with Crippen LogP contribution in [0.25, 0.3) is 0 Å². The molecular weight excluding hydrogens is 240 g/mol. The topological polar surface area (TPSA) is 98.2 Å². The second-order valence-electron chi connectivity index (χ2n) is 4.77. The van der Waals surface area contributed by atoms with E-state index in [0.717, 1.165) is 11.3 Å². The smallest absolute Gasteiger partial charge is 0.323 e. The van der Waals surface area contributed by atoms with Crippen molar-refractivity contribution in [3.63, 3.8) is 0 Å². The highest BCUT2D eigenvalue weighted by Crippen LogP contribution is 2.23. The molecule has 7 nitrogen and oxygen atoms in total. The predicted molar refractivity (Wildman–Crippen MR) is 62.2 cm³/mol. The largest absolute Gasteiger partial charge is 0.480 e. The second-order valence-corrected chi connectivity index (χ2v) is 4.77. The molecule has 2 amide bonds. The summed E-state index contributed by atoms with van der Waals surface area (Å²) in [4.78, 5) is 35.8. The lowest BCUT2D eigenvalue weighted by molar-refractivity contribution is -0.140. The average Bonchev–Trinajstić information content (AvgIpc) is 2.54. The van der Waals surface area contributed by atoms with Crippen molar-refractivity contribution in [1.29, 1.82) is 0 Å². The van der Waals surface area contributed by atoms with Gasteiger partial charge in [-0.3, -0.25) is 9.59 Å². The maximum absolute atomic E-state index is 12.1. The Balaban J connectivity index is 2.75. The number of carbonyl (C=O) groups is 3. The summed E-state index contributed by atoms with van der Waals surface area (Å²) >= 11 is 0. The van der Waals surface area contributed by atoms with Crippen LogP contribution >= 0.6 is 0 Å². The van der Waals surface area contributed by atoms with E-state index in [9.17, 15) is 14.4 Å². The Bertz CT molecular complexity index is 341. The van der Waals surface area contributed by atoms with Crippen LogP contribution in [0.2, 0.25) is 0 Å². The van der Waals surface area contributed by atoms with Gasteiger partial charge in [0.2, 0.25) is 0 Å². The number of carboxylic acid groups (broad SMARTS) is 2. The third-order valence-electron chi connectivity index (χ3n) is 2.95. The minimum Gasteiger partial charge on any atom is -0.480 e. The average molecular weight is 258 g/mol. The van der Waals surface area contributed by atoms with Gasteiger partial charge in [-0.05, 0) is 19.3 Å². The first-order valence-electron chi connectivity index (χ1n) is 5.80. The van der Waals surface area contributed by atoms with E-state index in [1.54, 1.807) is 0 Å². The van der Waals surface area contributed by atoms with Gasteiger partial charge in [-0.2, -0.15) is 0 Å². The van der Waals surface area contributed by atoms with Crippen molar-refractivity contribution in [2.75, 3.05) is 19.6 Å². The molecule has 1 saturated heterocycles. The zero-order valence-electron chi connectivity index (χ0n) is 10.5. The molecule has 0 aromatic carbocycles. The molecule has 1 aliphatic rings. The summed E-state index contributed by atoms with van der Waals surface area (Å²) in [6.07, 6.45) is 0.847. The van der Waals surface area contributed by atoms with Crippen LogP contribution in [0.15, 0.2) is 0 Å². The lowest BCUT2D eigenvalue weighted by atomic mass is 10.1. The number of nitrogens with zero attached hydrogens (tertiary/aromatic N) is 2. The zero-order chi connectivity index (χ0) is 13.9. The van der Waals surface area contributed by atoms with Crippen molar-refractivity contribution < 1.29 is 24.6 Å². The molecular formula is C11H18N2O5. The van der Waals surface area contributed by atoms with Crippen LogP contribution in [0.4, 0.5) is 4.79 Å². The van der Waals surface area contributed by atoms with Crippen LogP contribution in [0.5, 0.6) is 0 Å². The highest BCUT2D eigenvalue weighted by atomic mass is 16.4. The molecule has 7 heteroatoms. The Hall–Kier alpha value is -1.79. The van der Waals surface area contributed by atoms with Crippen LogP contribution in [0.1, 0.15) is 20.3 Å². The van der Waals surface area contributed by atoms with E-state index >= 15 is 0 Å². The number of urea groups is 1. The van der Waals surface area contributed by atoms with Crippen molar-refractivity contribution in [1.82, 2.24) is 9.80 Å². The van der Waals surface area contributed by atoms with E-state index in [-0.39, 0.29) is 6.04 Å². The fraction of sp³-hybridized carbons (Fsp3) is 0.727. The molecule has 0 aliphatic carbocycles. The van der Waals surface area contributed by atoms with E-state index in [1.807, 2.05) is 13.8 Å². The van der Waals surface area contributed by atoms with E-state index in [0.29, 0.717) is 12.5 Å². The van der Waals surface area contributed by atoms with Gasteiger partial charge >= 0.3 is 18.0 Å². The lowest BCUT2D eigenvalue weighted by Crippen LogP contribution is -2.48. The van der Waals surface area contributed by atoms with Gasteiger partial charge < -0.3 is 20.0 Å². The molecule has 0 saturated carbocycles. The summed E-state index contributed by atoms with van der Waals surface area (Å²) in [7, 11) is 0. The highest BCUT2D eigenvalue weighted by Gasteiger charge is 2.33. The summed E-state index contributed by atoms with van der Waals surface area (Å²) in [5.41, 5.74) is 0. The van der Waals surface area contributed by atoms with Crippen molar-refractivity contribution in [3.8, 4) is 0 Å². The van der Waals surface area contributed by atoms with Crippen molar-refractivity contribution in [2.24, 2.45) is 5.92 Å². The molecule has 0 bridgehead atoms. The van der Waals surface area contributed by atoms with Crippen LogP contribution in [0.3, 0.4) is 0 Å². The van der Waals surface area contributed by atoms with Crippen LogP contribution in [-0.4, -0.2) is 63.7 Å². The number of carboxylic acids is 2. The molecule has 1 heterocycles. The molecule has 2 unspecified atom stereocenters. The maximum Gasteiger partial charge on any atom is 0.323 e. The molecule has 2 N–H and O–H groups in total. The van der Waals surface area contributed by atoms with Gasteiger partial charge in [0.05, 0.1) is 0 Å². The van der Waals surface area contributed by atoms with Gasteiger partial charge in [-0.1, -0.05) is 6.92 Å². The minimum atomic E-state index is -1.22. The second kappa shape index (κ2) is 5.70. The third kappa shape index (κ3) is 3.61. The molecule has 0 aromatic rings. The summed E-state index contributed by atoms with van der Waals surface area (Å²) in [5.74, 6) is -2.09. The summed E-state index contributed by atoms with van der Waals surface area (Å²) in [5, 5.41) is 17.4. The number of carbonyl (C=O) groups excluding carboxylic acids is 1. The van der Waals surface area contributed by atoms with Gasteiger partial charge in [0, 0.05) is 12.6 Å². The zero-order valence-corrected chi connectivity index (χ0v) is 10.5. The summed E-state index contributed by atoms with van der Waals surface area (Å²) in [6.45, 7) is 3.23. The van der Waals surface area contributed by atoms with Crippen molar-refractivity contribution in [2.45, 2.75) is 26.3 Å². The molecule has 0 radical (unpaired) electrons.